The molecule has 0 fully saturated rings. The third-order valence-corrected chi connectivity index (χ3v) is 4.73. The lowest BCUT2D eigenvalue weighted by molar-refractivity contribution is -0.116. The van der Waals surface area contributed by atoms with E-state index in [1.807, 2.05) is 32.0 Å². The van der Waals surface area contributed by atoms with Gasteiger partial charge in [0.2, 0.25) is 5.91 Å². The van der Waals surface area contributed by atoms with Crippen LogP contribution in [0.2, 0.25) is 0 Å². The second-order valence-electron chi connectivity index (χ2n) is 5.46. The molecule has 3 nitrogen and oxygen atoms in total. The summed E-state index contributed by atoms with van der Waals surface area (Å²) in [6.45, 7) is 4.21. The van der Waals surface area contributed by atoms with Crippen LogP contribution in [0.15, 0.2) is 47.4 Å². The fraction of sp³-hybridized carbons (Fsp3) is 0.263. The summed E-state index contributed by atoms with van der Waals surface area (Å²) in [4.78, 5) is 15.0. The molecule has 2 aromatic carbocycles. The van der Waals surface area contributed by atoms with Crippen molar-refractivity contribution in [3.8, 4) is 6.07 Å². The van der Waals surface area contributed by atoms with E-state index in [2.05, 4.69) is 6.07 Å². The molecular formula is C19H19FN2OS. The molecule has 2 rings (SSSR count). The third kappa shape index (κ3) is 4.59. The van der Waals surface area contributed by atoms with Crippen LogP contribution < -0.4 is 4.90 Å². The van der Waals surface area contributed by atoms with Gasteiger partial charge in [-0.3, -0.25) is 4.79 Å². The van der Waals surface area contributed by atoms with Crippen molar-refractivity contribution in [2.24, 2.45) is 0 Å². The highest BCUT2D eigenvalue weighted by Gasteiger charge is 2.19. The highest BCUT2D eigenvalue weighted by Crippen LogP contribution is 2.25. The number of carbonyl (C=O) groups excluding carboxylic acids is 1. The summed E-state index contributed by atoms with van der Waals surface area (Å²) in [6, 6.07) is 14.2. The SMILES string of the molecule is Cc1ccc(SCC(=O)N(CCC#N)c2ccccc2F)c(C)c1. The van der Waals surface area contributed by atoms with E-state index in [9.17, 15) is 9.18 Å². The molecule has 0 saturated carbocycles. The smallest absolute Gasteiger partial charge is 0.237 e. The maximum atomic E-state index is 14.0. The zero-order chi connectivity index (χ0) is 17.5. The second kappa shape index (κ2) is 8.51. The molecule has 0 N–H and O–H groups in total. The van der Waals surface area contributed by atoms with Crippen LogP contribution in [0.3, 0.4) is 0 Å². The zero-order valence-electron chi connectivity index (χ0n) is 13.8. The van der Waals surface area contributed by atoms with Crippen LogP contribution in [0.5, 0.6) is 0 Å². The Morgan fingerprint density at radius 1 is 1.25 bits per heavy atom. The average Bonchev–Trinajstić information content (AvgIpc) is 2.56. The van der Waals surface area contributed by atoms with Crippen molar-refractivity contribution in [3.05, 3.63) is 59.4 Å². The van der Waals surface area contributed by atoms with Gasteiger partial charge < -0.3 is 4.90 Å². The summed E-state index contributed by atoms with van der Waals surface area (Å²) in [5.41, 5.74) is 2.51. The molecule has 124 valence electrons. The second-order valence-corrected chi connectivity index (χ2v) is 6.48. The quantitative estimate of drug-likeness (QED) is 0.727. The topological polar surface area (TPSA) is 44.1 Å². The molecule has 0 atom stereocenters. The number of benzene rings is 2. The van der Waals surface area contributed by atoms with Gasteiger partial charge in [0.25, 0.3) is 0 Å². The van der Waals surface area contributed by atoms with Crippen molar-refractivity contribution in [2.75, 3.05) is 17.2 Å². The molecule has 0 saturated heterocycles. The van der Waals surface area contributed by atoms with Crippen molar-refractivity contribution in [1.29, 1.82) is 5.26 Å². The lowest BCUT2D eigenvalue weighted by Crippen LogP contribution is -2.34. The molecule has 0 unspecified atom stereocenters. The number of rotatable bonds is 6. The molecule has 1 amide bonds. The molecule has 0 heterocycles. The maximum absolute atomic E-state index is 14.0. The molecular weight excluding hydrogens is 323 g/mol. The molecule has 0 aliphatic rings. The van der Waals surface area contributed by atoms with Crippen molar-refractivity contribution >= 4 is 23.4 Å². The van der Waals surface area contributed by atoms with Gasteiger partial charge in [0, 0.05) is 11.4 Å². The number of halogens is 1. The van der Waals surface area contributed by atoms with E-state index in [0.29, 0.717) is 0 Å². The maximum Gasteiger partial charge on any atom is 0.237 e. The van der Waals surface area contributed by atoms with Crippen LogP contribution >= 0.6 is 11.8 Å². The Morgan fingerprint density at radius 3 is 2.67 bits per heavy atom. The minimum absolute atomic E-state index is 0.161. The van der Waals surface area contributed by atoms with E-state index in [4.69, 9.17) is 5.26 Å². The van der Waals surface area contributed by atoms with Gasteiger partial charge in [0.1, 0.15) is 5.82 Å². The molecule has 2 aromatic rings. The molecule has 0 aliphatic carbocycles. The lowest BCUT2D eigenvalue weighted by Gasteiger charge is -2.22. The molecule has 0 bridgehead atoms. The molecule has 0 aromatic heterocycles. The standard InChI is InChI=1S/C19H19FN2OS/c1-14-8-9-18(15(2)12-14)24-13-19(23)22(11-5-10-21)17-7-4-3-6-16(17)20/h3-4,6-9,12H,5,11,13H2,1-2H3. The summed E-state index contributed by atoms with van der Waals surface area (Å²) in [5, 5.41) is 8.80. The van der Waals surface area contributed by atoms with Crippen LogP contribution in [0.25, 0.3) is 0 Å². The first-order valence-corrected chi connectivity index (χ1v) is 8.63. The monoisotopic (exact) mass is 342 g/mol. The summed E-state index contributed by atoms with van der Waals surface area (Å²) >= 11 is 1.43. The predicted molar refractivity (Wildman–Crippen MR) is 95.6 cm³/mol. The molecule has 0 aliphatic heterocycles. The summed E-state index contributed by atoms with van der Waals surface area (Å²) < 4.78 is 14.0. The summed E-state index contributed by atoms with van der Waals surface area (Å²) in [7, 11) is 0. The highest BCUT2D eigenvalue weighted by atomic mass is 32.2. The van der Waals surface area contributed by atoms with E-state index < -0.39 is 5.82 Å². The lowest BCUT2D eigenvalue weighted by atomic mass is 10.2. The summed E-state index contributed by atoms with van der Waals surface area (Å²) in [6.07, 6.45) is 0.161. The normalized spacial score (nSPS) is 10.2. The number of amides is 1. The van der Waals surface area contributed by atoms with E-state index in [1.165, 1.54) is 28.3 Å². The Morgan fingerprint density at radius 2 is 2.00 bits per heavy atom. The molecule has 0 spiro atoms. The van der Waals surface area contributed by atoms with Crippen LogP contribution in [0.4, 0.5) is 10.1 Å². The summed E-state index contributed by atoms with van der Waals surface area (Å²) in [5.74, 6) is -0.468. The van der Waals surface area contributed by atoms with Gasteiger partial charge >= 0.3 is 0 Å². The highest BCUT2D eigenvalue weighted by molar-refractivity contribution is 8.00. The first kappa shape index (κ1) is 18.0. The van der Waals surface area contributed by atoms with Gasteiger partial charge in [0.15, 0.2) is 0 Å². The van der Waals surface area contributed by atoms with Crippen LogP contribution in [-0.4, -0.2) is 18.2 Å². The van der Waals surface area contributed by atoms with E-state index in [0.717, 1.165) is 10.5 Å². The number of anilines is 1. The number of hydrogen-bond acceptors (Lipinski definition) is 3. The number of aryl methyl sites for hydroxylation is 2. The fourth-order valence-corrected chi connectivity index (χ4v) is 3.28. The number of thioether (sulfide) groups is 1. The molecule has 5 heteroatoms. The molecule has 24 heavy (non-hydrogen) atoms. The number of para-hydroxylation sites is 1. The largest absolute Gasteiger partial charge is 0.308 e. The minimum Gasteiger partial charge on any atom is -0.308 e. The van der Waals surface area contributed by atoms with Crippen molar-refractivity contribution < 1.29 is 9.18 Å². The Labute approximate surface area is 146 Å². The third-order valence-electron chi connectivity index (χ3n) is 3.57. The van der Waals surface area contributed by atoms with Gasteiger partial charge in [0.05, 0.1) is 23.9 Å². The van der Waals surface area contributed by atoms with Gasteiger partial charge in [-0.05, 0) is 37.6 Å². The van der Waals surface area contributed by atoms with Crippen molar-refractivity contribution in [1.82, 2.24) is 0 Å². The number of nitriles is 1. The first-order valence-electron chi connectivity index (χ1n) is 7.65. The van der Waals surface area contributed by atoms with Crippen LogP contribution in [0, 0.1) is 31.0 Å². The number of hydrogen-bond donors (Lipinski definition) is 0. The first-order chi connectivity index (χ1) is 11.5. The van der Waals surface area contributed by atoms with Crippen LogP contribution in [0.1, 0.15) is 17.5 Å². The Hall–Kier alpha value is -2.32. The number of nitrogens with zero attached hydrogens (tertiary/aromatic N) is 2. The van der Waals surface area contributed by atoms with Gasteiger partial charge in [-0.1, -0.05) is 29.8 Å². The van der Waals surface area contributed by atoms with E-state index in [-0.39, 0.29) is 30.3 Å². The van der Waals surface area contributed by atoms with Crippen molar-refractivity contribution in [3.63, 3.8) is 0 Å². The van der Waals surface area contributed by atoms with Gasteiger partial charge in [-0.2, -0.15) is 5.26 Å². The van der Waals surface area contributed by atoms with Crippen LogP contribution in [-0.2, 0) is 4.79 Å². The predicted octanol–water partition coefficient (Wildman–Crippen LogP) is 4.48. The minimum atomic E-state index is -0.458. The molecule has 0 radical (unpaired) electrons. The Balaban J connectivity index is 2.13. The fourth-order valence-electron chi connectivity index (χ4n) is 2.39. The Kier molecular flexibility index (Phi) is 6.39. The van der Waals surface area contributed by atoms with E-state index >= 15 is 0 Å². The Bertz CT molecular complexity index is 770. The van der Waals surface area contributed by atoms with Crippen molar-refractivity contribution in [2.45, 2.75) is 25.2 Å². The average molecular weight is 342 g/mol. The van der Waals surface area contributed by atoms with Gasteiger partial charge in [-0.15, -0.1) is 11.8 Å². The van der Waals surface area contributed by atoms with E-state index in [1.54, 1.807) is 18.2 Å². The van der Waals surface area contributed by atoms with Gasteiger partial charge in [-0.25, -0.2) is 4.39 Å². The number of carbonyl (C=O) groups is 1. The zero-order valence-corrected chi connectivity index (χ0v) is 14.6.